The highest BCUT2D eigenvalue weighted by Crippen LogP contribution is 2.28. The summed E-state index contributed by atoms with van der Waals surface area (Å²) < 4.78 is 5.37. The summed E-state index contributed by atoms with van der Waals surface area (Å²) in [5, 5.41) is 3.54. The second-order valence-corrected chi connectivity index (χ2v) is 5.59. The standard InChI is InChI=1S/C12H19NOS/c1-9(2)7-12-13-11(8-15-12)10-3-5-14-6-4-10/h8-10H,3-7H2,1-2H3. The zero-order chi connectivity index (χ0) is 10.7. The van der Waals surface area contributed by atoms with E-state index in [4.69, 9.17) is 9.72 Å². The number of nitrogens with zero attached hydrogens (tertiary/aromatic N) is 1. The molecule has 0 atom stereocenters. The van der Waals surface area contributed by atoms with Gasteiger partial charge in [-0.3, -0.25) is 0 Å². The van der Waals surface area contributed by atoms with Crippen molar-refractivity contribution in [1.29, 1.82) is 0 Å². The van der Waals surface area contributed by atoms with E-state index >= 15 is 0 Å². The van der Waals surface area contributed by atoms with E-state index in [2.05, 4.69) is 19.2 Å². The second-order valence-electron chi connectivity index (χ2n) is 4.65. The Labute approximate surface area is 95.7 Å². The highest BCUT2D eigenvalue weighted by molar-refractivity contribution is 7.09. The molecule has 0 radical (unpaired) electrons. The van der Waals surface area contributed by atoms with Crippen LogP contribution in [0.4, 0.5) is 0 Å². The Morgan fingerprint density at radius 2 is 2.20 bits per heavy atom. The third-order valence-corrected chi connectivity index (χ3v) is 3.68. The minimum absolute atomic E-state index is 0.649. The van der Waals surface area contributed by atoms with Gasteiger partial charge < -0.3 is 4.74 Å². The molecule has 0 aliphatic carbocycles. The van der Waals surface area contributed by atoms with E-state index in [1.54, 1.807) is 0 Å². The first-order valence-electron chi connectivity index (χ1n) is 5.77. The molecule has 0 aromatic carbocycles. The minimum Gasteiger partial charge on any atom is -0.381 e. The summed E-state index contributed by atoms with van der Waals surface area (Å²) >= 11 is 1.82. The summed E-state index contributed by atoms with van der Waals surface area (Å²) in [4.78, 5) is 4.74. The van der Waals surface area contributed by atoms with Gasteiger partial charge in [0.25, 0.3) is 0 Å². The van der Waals surface area contributed by atoms with Crippen molar-refractivity contribution in [2.75, 3.05) is 13.2 Å². The molecule has 1 aromatic heterocycles. The fourth-order valence-electron chi connectivity index (χ4n) is 1.95. The molecule has 15 heavy (non-hydrogen) atoms. The van der Waals surface area contributed by atoms with E-state index in [0.29, 0.717) is 11.8 Å². The Kier molecular flexibility index (Phi) is 3.76. The minimum atomic E-state index is 0.649. The van der Waals surface area contributed by atoms with Crippen LogP contribution >= 0.6 is 11.3 Å². The lowest BCUT2D eigenvalue weighted by atomic mass is 9.97. The van der Waals surface area contributed by atoms with Crippen molar-refractivity contribution in [3.63, 3.8) is 0 Å². The molecular weight excluding hydrogens is 206 g/mol. The SMILES string of the molecule is CC(C)Cc1nc(C2CCOCC2)cs1. The molecular formula is C12H19NOS. The maximum absolute atomic E-state index is 5.37. The van der Waals surface area contributed by atoms with Crippen LogP contribution in [0.3, 0.4) is 0 Å². The lowest BCUT2D eigenvalue weighted by Crippen LogP contribution is -2.14. The molecule has 0 spiro atoms. The van der Waals surface area contributed by atoms with E-state index in [-0.39, 0.29) is 0 Å². The van der Waals surface area contributed by atoms with Gasteiger partial charge in [-0.1, -0.05) is 13.8 Å². The van der Waals surface area contributed by atoms with E-state index in [1.807, 2.05) is 11.3 Å². The molecule has 2 nitrogen and oxygen atoms in total. The Hall–Kier alpha value is -0.410. The topological polar surface area (TPSA) is 22.1 Å². The lowest BCUT2D eigenvalue weighted by Gasteiger charge is -2.20. The zero-order valence-corrected chi connectivity index (χ0v) is 10.3. The van der Waals surface area contributed by atoms with Gasteiger partial charge in [-0.25, -0.2) is 4.98 Å². The van der Waals surface area contributed by atoms with Gasteiger partial charge in [-0.15, -0.1) is 11.3 Å². The molecule has 1 aromatic rings. The molecule has 1 saturated heterocycles. The largest absolute Gasteiger partial charge is 0.381 e. The molecule has 0 bridgehead atoms. The van der Waals surface area contributed by atoms with Crippen LogP contribution < -0.4 is 0 Å². The average molecular weight is 225 g/mol. The third-order valence-electron chi connectivity index (χ3n) is 2.79. The molecule has 0 amide bonds. The van der Waals surface area contributed by atoms with Crippen LogP contribution in [0.5, 0.6) is 0 Å². The Bertz CT molecular complexity index is 302. The van der Waals surface area contributed by atoms with Gasteiger partial charge in [0, 0.05) is 30.9 Å². The van der Waals surface area contributed by atoms with Crippen molar-refractivity contribution in [2.45, 2.75) is 39.0 Å². The fourth-order valence-corrected chi connectivity index (χ4v) is 3.04. The van der Waals surface area contributed by atoms with Crippen LogP contribution in [-0.2, 0) is 11.2 Å². The van der Waals surface area contributed by atoms with Crippen LogP contribution in [0.15, 0.2) is 5.38 Å². The second kappa shape index (κ2) is 5.08. The number of hydrogen-bond acceptors (Lipinski definition) is 3. The number of thiazole rings is 1. The maximum Gasteiger partial charge on any atom is 0.0930 e. The molecule has 2 heterocycles. The van der Waals surface area contributed by atoms with Crippen molar-refractivity contribution < 1.29 is 4.74 Å². The van der Waals surface area contributed by atoms with Gasteiger partial charge in [0.05, 0.1) is 10.7 Å². The first kappa shape index (κ1) is 11.1. The van der Waals surface area contributed by atoms with Crippen LogP contribution in [0.2, 0.25) is 0 Å². The van der Waals surface area contributed by atoms with Gasteiger partial charge in [0.1, 0.15) is 0 Å². The van der Waals surface area contributed by atoms with Gasteiger partial charge >= 0.3 is 0 Å². The quantitative estimate of drug-likeness (QED) is 0.788. The summed E-state index contributed by atoms with van der Waals surface area (Å²) in [7, 11) is 0. The van der Waals surface area contributed by atoms with E-state index in [1.165, 1.54) is 10.7 Å². The fraction of sp³-hybridized carbons (Fsp3) is 0.750. The number of ether oxygens (including phenoxy) is 1. The maximum atomic E-state index is 5.37. The summed E-state index contributed by atoms with van der Waals surface area (Å²) in [6, 6.07) is 0. The number of hydrogen-bond donors (Lipinski definition) is 0. The highest BCUT2D eigenvalue weighted by atomic mass is 32.1. The highest BCUT2D eigenvalue weighted by Gasteiger charge is 2.18. The first-order chi connectivity index (χ1) is 7.25. The molecule has 0 unspecified atom stereocenters. The normalized spacial score (nSPS) is 18.6. The molecule has 1 aliphatic rings. The van der Waals surface area contributed by atoms with Crippen LogP contribution in [0, 0.1) is 5.92 Å². The van der Waals surface area contributed by atoms with Crippen LogP contribution in [0.1, 0.15) is 43.3 Å². The van der Waals surface area contributed by atoms with Crippen molar-refractivity contribution >= 4 is 11.3 Å². The summed E-state index contributed by atoms with van der Waals surface area (Å²) in [6.07, 6.45) is 3.41. The molecule has 1 fully saturated rings. The molecule has 0 saturated carbocycles. The number of rotatable bonds is 3. The summed E-state index contributed by atoms with van der Waals surface area (Å²) in [5.74, 6) is 1.36. The molecule has 2 rings (SSSR count). The van der Waals surface area contributed by atoms with Crippen molar-refractivity contribution in [1.82, 2.24) is 4.98 Å². The summed E-state index contributed by atoms with van der Waals surface area (Å²) in [5.41, 5.74) is 1.30. The van der Waals surface area contributed by atoms with Gasteiger partial charge in [0.15, 0.2) is 0 Å². The van der Waals surface area contributed by atoms with Gasteiger partial charge in [-0.2, -0.15) is 0 Å². The predicted molar refractivity (Wildman–Crippen MR) is 63.5 cm³/mol. The molecule has 3 heteroatoms. The van der Waals surface area contributed by atoms with Crippen molar-refractivity contribution in [2.24, 2.45) is 5.92 Å². The van der Waals surface area contributed by atoms with Crippen LogP contribution in [-0.4, -0.2) is 18.2 Å². The Morgan fingerprint density at radius 3 is 2.87 bits per heavy atom. The number of aromatic nitrogens is 1. The lowest BCUT2D eigenvalue weighted by molar-refractivity contribution is 0.0846. The Morgan fingerprint density at radius 1 is 1.47 bits per heavy atom. The molecule has 0 N–H and O–H groups in total. The van der Waals surface area contributed by atoms with E-state index < -0.39 is 0 Å². The van der Waals surface area contributed by atoms with Gasteiger partial charge in [-0.05, 0) is 18.8 Å². The van der Waals surface area contributed by atoms with Crippen LogP contribution in [0.25, 0.3) is 0 Å². The van der Waals surface area contributed by atoms with E-state index in [9.17, 15) is 0 Å². The van der Waals surface area contributed by atoms with Crippen molar-refractivity contribution in [3.05, 3.63) is 16.1 Å². The monoisotopic (exact) mass is 225 g/mol. The summed E-state index contributed by atoms with van der Waals surface area (Å²) in [6.45, 7) is 6.30. The third kappa shape index (κ3) is 3.02. The smallest absolute Gasteiger partial charge is 0.0930 e. The van der Waals surface area contributed by atoms with Crippen molar-refractivity contribution in [3.8, 4) is 0 Å². The zero-order valence-electron chi connectivity index (χ0n) is 9.53. The Balaban J connectivity index is 1.99. The predicted octanol–water partition coefficient (Wildman–Crippen LogP) is 3.24. The molecule has 84 valence electrons. The first-order valence-corrected chi connectivity index (χ1v) is 6.65. The average Bonchev–Trinajstić information content (AvgIpc) is 2.67. The molecule has 1 aliphatic heterocycles. The van der Waals surface area contributed by atoms with Gasteiger partial charge in [0.2, 0.25) is 0 Å². The van der Waals surface area contributed by atoms with E-state index in [0.717, 1.165) is 32.5 Å².